The van der Waals surface area contributed by atoms with E-state index in [9.17, 15) is 9.59 Å². The topological polar surface area (TPSA) is 91.4 Å². The van der Waals surface area contributed by atoms with Crippen molar-refractivity contribution in [3.8, 4) is 22.7 Å². The van der Waals surface area contributed by atoms with Gasteiger partial charge in [-0.3, -0.25) is 9.59 Å². The monoisotopic (exact) mass is 471 g/mol. The molecule has 0 aliphatic rings. The molecular weight excluding hydrogens is 450 g/mol. The Balaban J connectivity index is 1.73. The van der Waals surface area contributed by atoms with Gasteiger partial charge in [0.25, 0.3) is 11.1 Å². The quantitative estimate of drug-likeness (QED) is 0.391. The number of aryl methyl sites for hydroxylation is 2. The number of ether oxygens (including phenoxy) is 1. The van der Waals surface area contributed by atoms with Crippen LogP contribution in [0.25, 0.3) is 28.0 Å². The minimum Gasteiger partial charge on any atom is -0.494 e. The molecule has 9 heteroatoms. The first-order valence-electron chi connectivity index (χ1n) is 10.8. The predicted octanol–water partition coefficient (Wildman–Crippen LogP) is 2.93. The molecule has 8 nitrogen and oxygen atoms in total. The molecule has 5 aromatic rings. The van der Waals surface area contributed by atoms with E-state index in [-0.39, 0.29) is 16.2 Å². The first-order valence-corrected chi connectivity index (χ1v) is 11.6. The molecule has 2 aromatic carbocycles. The minimum absolute atomic E-state index is 0.182. The molecule has 34 heavy (non-hydrogen) atoms. The van der Waals surface area contributed by atoms with E-state index in [1.54, 1.807) is 17.7 Å². The molecule has 0 atom stereocenters. The lowest BCUT2D eigenvalue weighted by Gasteiger charge is -2.08. The first-order chi connectivity index (χ1) is 16.4. The Morgan fingerprint density at radius 3 is 2.59 bits per heavy atom. The second kappa shape index (κ2) is 8.68. The van der Waals surface area contributed by atoms with Crippen LogP contribution in [-0.2, 0) is 0 Å². The van der Waals surface area contributed by atoms with Crippen molar-refractivity contribution in [2.45, 2.75) is 20.8 Å². The molecule has 0 aliphatic carbocycles. The van der Waals surface area contributed by atoms with E-state index in [0.29, 0.717) is 11.1 Å². The zero-order valence-corrected chi connectivity index (χ0v) is 19.7. The van der Waals surface area contributed by atoms with Gasteiger partial charge in [-0.05, 0) is 62.7 Å². The van der Waals surface area contributed by atoms with Gasteiger partial charge in [0.1, 0.15) is 17.1 Å². The van der Waals surface area contributed by atoms with Crippen LogP contribution in [-0.4, -0.2) is 31.0 Å². The summed E-state index contributed by atoms with van der Waals surface area (Å²) in [7, 11) is 0. The van der Waals surface area contributed by atoms with Gasteiger partial charge in [0.15, 0.2) is 0 Å². The fraction of sp³-hybridized carbons (Fsp3) is 0.160. The second-order valence-corrected chi connectivity index (χ2v) is 8.74. The fourth-order valence-corrected chi connectivity index (χ4v) is 4.60. The van der Waals surface area contributed by atoms with Crippen LogP contribution in [0.5, 0.6) is 5.75 Å². The van der Waals surface area contributed by atoms with Crippen LogP contribution < -0.4 is 20.4 Å². The number of aromatic nitrogens is 5. The Morgan fingerprint density at radius 1 is 1.06 bits per heavy atom. The summed E-state index contributed by atoms with van der Waals surface area (Å²) in [5, 5.41) is 8.95. The number of hydrogen-bond donors (Lipinski definition) is 0. The van der Waals surface area contributed by atoms with E-state index >= 15 is 0 Å². The summed E-state index contributed by atoms with van der Waals surface area (Å²) in [6.07, 6.45) is 3.67. The van der Waals surface area contributed by atoms with Crippen LogP contribution >= 0.6 is 11.3 Å². The first kappa shape index (κ1) is 21.7. The molecule has 0 spiro atoms. The second-order valence-electron chi connectivity index (χ2n) is 7.74. The molecule has 3 aromatic heterocycles. The molecule has 170 valence electrons. The number of fused-ring (bicyclic) bond motifs is 1. The SMILES string of the molecule is CCOc1ccc(-c2nn(-c3ccccc3)cc2C=c2sc3nc(=O)c(C)nn3c2=O)c(C)c1. The maximum Gasteiger partial charge on any atom is 0.295 e. The van der Waals surface area contributed by atoms with Gasteiger partial charge in [-0.15, -0.1) is 0 Å². The van der Waals surface area contributed by atoms with Crippen molar-refractivity contribution in [2.75, 3.05) is 6.61 Å². The van der Waals surface area contributed by atoms with Crippen molar-refractivity contribution >= 4 is 22.4 Å². The third-order valence-electron chi connectivity index (χ3n) is 5.36. The normalized spacial score (nSPS) is 11.9. The summed E-state index contributed by atoms with van der Waals surface area (Å²) in [5.74, 6) is 0.792. The van der Waals surface area contributed by atoms with Crippen LogP contribution in [0.3, 0.4) is 0 Å². The number of para-hydroxylation sites is 1. The van der Waals surface area contributed by atoms with Crippen molar-refractivity contribution in [3.63, 3.8) is 0 Å². The summed E-state index contributed by atoms with van der Waals surface area (Å²) < 4.78 is 9.02. The van der Waals surface area contributed by atoms with Crippen molar-refractivity contribution in [1.29, 1.82) is 0 Å². The summed E-state index contributed by atoms with van der Waals surface area (Å²) >= 11 is 1.13. The molecular formula is C25H21N5O3S. The highest BCUT2D eigenvalue weighted by Crippen LogP contribution is 2.30. The molecule has 0 unspecified atom stereocenters. The van der Waals surface area contributed by atoms with Gasteiger partial charge < -0.3 is 4.74 Å². The highest BCUT2D eigenvalue weighted by atomic mass is 32.1. The van der Waals surface area contributed by atoms with Crippen molar-refractivity contribution < 1.29 is 4.74 Å². The molecule has 0 saturated heterocycles. The third kappa shape index (κ3) is 3.90. The van der Waals surface area contributed by atoms with E-state index in [1.807, 2.05) is 68.6 Å². The van der Waals surface area contributed by atoms with Gasteiger partial charge >= 0.3 is 0 Å². The van der Waals surface area contributed by atoms with Gasteiger partial charge in [0.05, 0.1) is 16.8 Å². The molecule has 0 aliphatic heterocycles. The van der Waals surface area contributed by atoms with E-state index in [0.717, 1.165) is 45.2 Å². The highest BCUT2D eigenvalue weighted by molar-refractivity contribution is 7.15. The van der Waals surface area contributed by atoms with E-state index in [4.69, 9.17) is 9.84 Å². The van der Waals surface area contributed by atoms with Crippen molar-refractivity contribution in [1.82, 2.24) is 24.4 Å². The molecule has 0 amide bonds. The summed E-state index contributed by atoms with van der Waals surface area (Å²) in [4.78, 5) is 29.2. The van der Waals surface area contributed by atoms with Gasteiger partial charge in [-0.2, -0.15) is 19.7 Å². The maximum absolute atomic E-state index is 13.0. The van der Waals surface area contributed by atoms with Crippen LogP contribution in [0.2, 0.25) is 0 Å². The van der Waals surface area contributed by atoms with Crippen molar-refractivity contribution in [3.05, 3.63) is 96.8 Å². The van der Waals surface area contributed by atoms with Crippen LogP contribution in [0.1, 0.15) is 23.7 Å². The molecule has 0 radical (unpaired) electrons. The molecule has 0 fully saturated rings. The number of thiazole rings is 1. The van der Waals surface area contributed by atoms with Crippen LogP contribution in [0.4, 0.5) is 0 Å². The molecule has 0 N–H and O–H groups in total. The summed E-state index contributed by atoms with van der Waals surface area (Å²) in [6.45, 7) is 6.08. The highest BCUT2D eigenvalue weighted by Gasteiger charge is 2.15. The van der Waals surface area contributed by atoms with Crippen LogP contribution in [0, 0.1) is 13.8 Å². The zero-order valence-electron chi connectivity index (χ0n) is 18.8. The number of hydrogen-bond acceptors (Lipinski definition) is 7. The largest absolute Gasteiger partial charge is 0.494 e. The van der Waals surface area contributed by atoms with Crippen molar-refractivity contribution in [2.24, 2.45) is 0 Å². The van der Waals surface area contributed by atoms with Gasteiger partial charge in [-0.1, -0.05) is 29.5 Å². The fourth-order valence-electron chi connectivity index (χ4n) is 3.70. The van der Waals surface area contributed by atoms with Gasteiger partial charge in [0.2, 0.25) is 4.96 Å². The number of nitrogens with zero attached hydrogens (tertiary/aromatic N) is 5. The molecule has 0 saturated carbocycles. The van der Waals surface area contributed by atoms with E-state index in [2.05, 4.69) is 10.1 Å². The van der Waals surface area contributed by atoms with Crippen LogP contribution in [0.15, 0.2) is 64.3 Å². The summed E-state index contributed by atoms with van der Waals surface area (Å²) in [5.41, 5.74) is 3.75. The molecule has 0 bridgehead atoms. The van der Waals surface area contributed by atoms with Gasteiger partial charge in [0, 0.05) is 17.3 Å². The Kier molecular flexibility index (Phi) is 5.54. The Labute approximate surface area is 198 Å². The predicted molar refractivity (Wildman–Crippen MR) is 132 cm³/mol. The lowest BCUT2D eigenvalue weighted by atomic mass is 10.0. The average Bonchev–Trinajstić information content (AvgIpc) is 3.37. The lowest BCUT2D eigenvalue weighted by Crippen LogP contribution is -2.27. The molecule has 3 heterocycles. The van der Waals surface area contributed by atoms with E-state index < -0.39 is 5.56 Å². The molecule has 5 rings (SSSR count). The van der Waals surface area contributed by atoms with Gasteiger partial charge in [-0.25, -0.2) is 4.68 Å². The Hall–Kier alpha value is -4.11. The minimum atomic E-state index is -0.435. The zero-order chi connectivity index (χ0) is 23.8. The standard InChI is InChI=1S/C25H21N5O3S/c1-4-33-19-10-11-20(15(2)12-19)22-17(14-29(28-22)18-8-6-5-7-9-18)13-21-24(32)30-25(34-21)26-23(31)16(3)27-30/h5-14H,4H2,1-3H3. The average molecular weight is 472 g/mol. The summed E-state index contributed by atoms with van der Waals surface area (Å²) in [6, 6.07) is 15.6. The van der Waals surface area contributed by atoms with E-state index in [1.165, 1.54) is 4.52 Å². The number of benzene rings is 2. The third-order valence-corrected chi connectivity index (χ3v) is 6.32. The Bertz CT molecular complexity index is 1690. The lowest BCUT2D eigenvalue weighted by molar-refractivity contribution is 0.340. The maximum atomic E-state index is 13.0. The Morgan fingerprint density at radius 2 is 1.85 bits per heavy atom. The smallest absolute Gasteiger partial charge is 0.295 e. The number of rotatable bonds is 5.